The van der Waals surface area contributed by atoms with Crippen molar-refractivity contribution in [1.82, 2.24) is 15.5 Å². The molecule has 5 amide bonds. The number of amides is 5. The molecule has 2 aromatic carbocycles. The second-order valence-corrected chi connectivity index (χ2v) is 7.67. The van der Waals surface area contributed by atoms with Gasteiger partial charge in [0.2, 0.25) is 5.91 Å². The summed E-state index contributed by atoms with van der Waals surface area (Å²) in [6, 6.07) is 18.1. The monoisotopic (exact) mass is 446 g/mol. The highest BCUT2D eigenvalue weighted by molar-refractivity contribution is 6.11. The fourth-order valence-corrected chi connectivity index (χ4v) is 3.61. The van der Waals surface area contributed by atoms with Gasteiger partial charge in [0, 0.05) is 0 Å². The molecule has 0 unspecified atom stereocenters. The molecule has 33 heavy (non-hydrogen) atoms. The zero-order valence-corrected chi connectivity index (χ0v) is 17.8. The van der Waals surface area contributed by atoms with Gasteiger partial charge in [-0.05, 0) is 36.8 Å². The third kappa shape index (κ3) is 4.47. The summed E-state index contributed by atoms with van der Waals surface area (Å²) in [6.45, 7) is 1.29. The normalized spacial score (nSPS) is 17.5. The van der Waals surface area contributed by atoms with Crippen molar-refractivity contribution in [3.8, 4) is 0 Å². The van der Waals surface area contributed by atoms with Crippen molar-refractivity contribution >= 4 is 29.4 Å². The molecule has 1 atom stereocenters. The summed E-state index contributed by atoms with van der Waals surface area (Å²) in [5, 5.41) is 8.00. The van der Waals surface area contributed by atoms with E-state index in [0.717, 1.165) is 4.90 Å². The summed E-state index contributed by atoms with van der Waals surface area (Å²) in [6.07, 6.45) is 1.51. The van der Waals surface area contributed by atoms with Crippen LogP contribution >= 0.6 is 0 Å². The van der Waals surface area contributed by atoms with Crippen molar-refractivity contribution in [3.63, 3.8) is 0 Å². The number of benzene rings is 2. The Bertz CT molecular complexity index is 1190. The number of rotatable bonds is 7. The number of carbonyl (C=O) groups excluding carboxylic acids is 4. The van der Waals surface area contributed by atoms with Gasteiger partial charge in [-0.15, -0.1) is 0 Å². The Labute approximate surface area is 189 Å². The summed E-state index contributed by atoms with van der Waals surface area (Å²) in [7, 11) is 0. The Morgan fingerprint density at radius 2 is 1.73 bits per heavy atom. The van der Waals surface area contributed by atoms with E-state index < -0.39 is 35.8 Å². The van der Waals surface area contributed by atoms with Crippen LogP contribution in [0.5, 0.6) is 0 Å². The Morgan fingerprint density at radius 1 is 1.00 bits per heavy atom. The van der Waals surface area contributed by atoms with E-state index in [1.54, 1.807) is 67.6 Å². The molecule has 0 radical (unpaired) electrons. The topological polar surface area (TPSA) is 121 Å². The van der Waals surface area contributed by atoms with E-state index in [2.05, 4.69) is 16.0 Å². The van der Waals surface area contributed by atoms with E-state index >= 15 is 0 Å². The van der Waals surface area contributed by atoms with Crippen LogP contribution in [0.2, 0.25) is 0 Å². The molecule has 1 aromatic heterocycles. The first-order chi connectivity index (χ1) is 15.9. The van der Waals surface area contributed by atoms with Gasteiger partial charge in [0.1, 0.15) is 17.8 Å². The molecule has 0 saturated carbocycles. The van der Waals surface area contributed by atoms with Crippen LogP contribution in [0.1, 0.15) is 28.6 Å². The Kier molecular flexibility index (Phi) is 5.95. The van der Waals surface area contributed by atoms with E-state index in [0.29, 0.717) is 11.3 Å². The van der Waals surface area contributed by atoms with E-state index in [-0.39, 0.29) is 17.8 Å². The van der Waals surface area contributed by atoms with E-state index in [1.807, 2.05) is 6.07 Å². The maximum atomic E-state index is 13.0. The van der Waals surface area contributed by atoms with Gasteiger partial charge in [-0.25, -0.2) is 4.79 Å². The number of nitrogens with one attached hydrogen (secondary N) is 3. The molecule has 2 heterocycles. The highest BCUT2D eigenvalue weighted by Crippen LogP contribution is 2.28. The standard InChI is InChI=1S/C24H22N4O5/c1-24(16-8-3-2-4-9-16)22(31)28(23(32)27-24)15-20(29)26-19-12-6-5-11-18(19)21(30)25-14-17-10-7-13-33-17/h2-13H,14-15H2,1H3,(H,25,30)(H,26,29)(H,27,32)/t24-/m1/s1. The first-order valence-corrected chi connectivity index (χ1v) is 10.3. The van der Waals surface area contributed by atoms with Gasteiger partial charge < -0.3 is 20.4 Å². The average molecular weight is 446 g/mol. The van der Waals surface area contributed by atoms with Crippen LogP contribution in [-0.2, 0) is 21.7 Å². The van der Waals surface area contributed by atoms with Crippen molar-refractivity contribution < 1.29 is 23.6 Å². The van der Waals surface area contributed by atoms with Crippen molar-refractivity contribution in [1.29, 1.82) is 0 Å². The van der Waals surface area contributed by atoms with Crippen molar-refractivity contribution in [2.75, 3.05) is 11.9 Å². The largest absolute Gasteiger partial charge is 0.467 e. The maximum absolute atomic E-state index is 13.0. The van der Waals surface area contributed by atoms with Crippen molar-refractivity contribution in [2.24, 2.45) is 0 Å². The first kappa shape index (κ1) is 21.8. The zero-order valence-electron chi connectivity index (χ0n) is 17.8. The van der Waals surface area contributed by atoms with Gasteiger partial charge in [-0.2, -0.15) is 0 Å². The predicted molar refractivity (Wildman–Crippen MR) is 119 cm³/mol. The number of para-hydroxylation sites is 1. The van der Waals surface area contributed by atoms with Gasteiger partial charge in [-0.3, -0.25) is 19.3 Å². The smallest absolute Gasteiger partial charge is 0.325 e. The number of hydrogen-bond acceptors (Lipinski definition) is 5. The van der Waals surface area contributed by atoms with Gasteiger partial charge in [0.15, 0.2) is 0 Å². The Morgan fingerprint density at radius 3 is 2.45 bits per heavy atom. The Hall–Kier alpha value is -4.40. The van der Waals surface area contributed by atoms with Gasteiger partial charge in [0.25, 0.3) is 11.8 Å². The molecule has 9 heteroatoms. The average Bonchev–Trinajstić information content (AvgIpc) is 3.41. The van der Waals surface area contributed by atoms with Crippen LogP contribution in [0.15, 0.2) is 77.4 Å². The second kappa shape index (κ2) is 8.99. The SMILES string of the molecule is C[C@]1(c2ccccc2)NC(=O)N(CC(=O)Nc2ccccc2C(=O)NCc2ccco2)C1=O. The molecule has 1 aliphatic heterocycles. The quantitative estimate of drug-likeness (QED) is 0.482. The number of nitrogens with zero attached hydrogens (tertiary/aromatic N) is 1. The van der Waals surface area contributed by atoms with E-state index in [4.69, 9.17) is 4.42 Å². The van der Waals surface area contributed by atoms with Crippen LogP contribution < -0.4 is 16.0 Å². The lowest BCUT2D eigenvalue weighted by Gasteiger charge is -2.22. The van der Waals surface area contributed by atoms with Crippen LogP contribution in [0.25, 0.3) is 0 Å². The molecule has 0 bridgehead atoms. The summed E-state index contributed by atoms with van der Waals surface area (Å²) < 4.78 is 5.20. The zero-order chi connectivity index (χ0) is 23.4. The summed E-state index contributed by atoms with van der Waals surface area (Å²) >= 11 is 0. The number of carbonyl (C=O) groups is 4. The van der Waals surface area contributed by atoms with Crippen LogP contribution in [0.4, 0.5) is 10.5 Å². The molecule has 1 saturated heterocycles. The lowest BCUT2D eigenvalue weighted by molar-refractivity contribution is -0.133. The minimum atomic E-state index is -1.26. The molecule has 4 rings (SSSR count). The minimum Gasteiger partial charge on any atom is -0.467 e. The number of furan rings is 1. The molecular weight excluding hydrogens is 424 g/mol. The Balaban J connectivity index is 1.43. The predicted octanol–water partition coefficient (Wildman–Crippen LogP) is 2.62. The van der Waals surface area contributed by atoms with E-state index in [1.165, 1.54) is 6.26 Å². The lowest BCUT2D eigenvalue weighted by atomic mass is 9.92. The summed E-state index contributed by atoms with van der Waals surface area (Å²) in [4.78, 5) is 51.6. The van der Waals surface area contributed by atoms with Gasteiger partial charge >= 0.3 is 6.03 Å². The van der Waals surface area contributed by atoms with Gasteiger partial charge in [0.05, 0.1) is 24.1 Å². The molecular formula is C24H22N4O5. The fraction of sp³-hybridized carbons (Fsp3) is 0.167. The summed E-state index contributed by atoms with van der Waals surface area (Å²) in [5.74, 6) is -0.959. The molecule has 9 nitrogen and oxygen atoms in total. The van der Waals surface area contributed by atoms with Gasteiger partial charge in [-0.1, -0.05) is 42.5 Å². The molecule has 3 aromatic rings. The molecule has 1 aliphatic rings. The number of urea groups is 1. The molecule has 168 valence electrons. The maximum Gasteiger partial charge on any atom is 0.325 e. The molecule has 0 aliphatic carbocycles. The number of anilines is 1. The summed E-state index contributed by atoms with van der Waals surface area (Å²) in [5.41, 5.74) is -0.145. The first-order valence-electron chi connectivity index (χ1n) is 10.3. The minimum absolute atomic E-state index is 0.189. The highest BCUT2D eigenvalue weighted by atomic mass is 16.3. The second-order valence-electron chi connectivity index (χ2n) is 7.67. The number of imide groups is 1. The van der Waals surface area contributed by atoms with Crippen LogP contribution in [0, 0.1) is 0 Å². The van der Waals surface area contributed by atoms with E-state index in [9.17, 15) is 19.2 Å². The number of hydrogen-bond donors (Lipinski definition) is 3. The molecule has 3 N–H and O–H groups in total. The molecule has 1 fully saturated rings. The highest BCUT2D eigenvalue weighted by Gasteiger charge is 2.49. The van der Waals surface area contributed by atoms with Crippen molar-refractivity contribution in [2.45, 2.75) is 19.0 Å². The molecule has 0 spiro atoms. The fourth-order valence-electron chi connectivity index (χ4n) is 3.61. The van der Waals surface area contributed by atoms with Crippen LogP contribution in [-0.4, -0.2) is 35.2 Å². The van der Waals surface area contributed by atoms with Crippen LogP contribution in [0.3, 0.4) is 0 Å². The van der Waals surface area contributed by atoms with Crippen molar-refractivity contribution in [3.05, 3.63) is 89.9 Å². The lowest BCUT2D eigenvalue weighted by Crippen LogP contribution is -2.42. The third-order valence-electron chi connectivity index (χ3n) is 5.38. The third-order valence-corrected chi connectivity index (χ3v) is 5.38.